The van der Waals surface area contributed by atoms with E-state index in [1.807, 2.05) is 0 Å². The molecule has 2 N–H and O–H groups in total. The predicted molar refractivity (Wildman–Crippen MR) is 56.1 cm³/mol. The van der Waals surface area contributed by atoms with Crippen molar-refractivity contribution in [3.05, 3.63) is 0 Å². The number of nitrogens with two attached hydrogens (primary N) is 1. The first-order valence-corrected chi connectivity index (χ1v) is 5.19. The van der Waals surface area contributed by atoms with Gasteiger partial charge in [0.25, 0.3) is 0 Å². The Labute approximate surface area is 77.7 Å². The van der Waals surface area contributed by atoms with Gasteiger partial charge in [0, 0.05) is 6.04 Å². The van der Waals surface area contributed by atoms with Crippen molar-refractivity contribution in [3.8, 4) is 0 Å². The van der Waals surface area contributed by atoms with E-state index < -0.39 is 0 Å². The highest BCUT2D eigenvalue weighted by atomic mass is 14.6. The van der Waals surface area contributed by atoms with E-state index in [9.17, 15) is 0 Å². The van der Waals surface area contributed by atoms with Gasteiger partial charge in [0.15, 0.2) is 0 Å². The van der Waals surface area contributed by atoms with Crippen LogP contribution in [-0.4, -0.2) is 6.04 Å². The summed E-state index contributed by atoms with van der Waals surface area (Å²) in [4.78, 5) is 0. The molecule has 0 rings (SSSR count). The van der Waals surface area contributed by atoms with E-state index >= 15 is 0 Å². The molecule has 1 heteroatoms. The highest BCUT2D eigenvalue weighted by molar-refractivity contribution is 4.79. The fraction of sp³-hybridized carbons (Fsp3) is 1.00. The van der Waals surface area contributed by atoms with Gasteiger partial charge in [-0.15, -0.1) is 0 Å². The fourth-order valence-electron chi connectivity index (χ4n) is 2.39. The monoisotopic (exact) mass is 171 g/mol. The summed E-state index contributed by atoms with van der Waals surface area (Å²) in [7, 11) is 0. The van der Waals surface area contributed by atoms with Crippen LogP contribution in [-0.2, 0) is 0 Å². The molecule has 0 bridgehead atoms. The lowest BCUT2D eigenvalue weighted by Gasteiger charge is -2.34. The molecule has 0 saturated heterocycles. The van der Waals surface area contributed by atoms with E-state index in [1.54, 1.807) is 0 Å². The van der Waals surface area contributed by atoms with Crippen molar-refractivity contribution in [2.45, 2.75) is 59.9 Å². The van der Waals surface area contributed by atoms with Crippen molar-refractivity contribution in [1.29, 1.82) is 0 Å². The van der Waals surface area contributed by atoms with Crippen LogP contribution >= 0.6 is 0 Å². The zero-order chi connectivity index (χ0) is 9.78. The Morgan fingerprint density at radius 3 is 1.83 bits per heavy atom. The average Bonchev–Trinajstić information content (AvgIpc) is 1.85. The zero-order valence-electron chi connectivity index (χ0n) is 9.35. The van der Waals surface area contributed by atoms with Gasteiger partial charge in [0.1, 0.15) is 0 Å². The lowest BCUT2D eigenvalue weighted by atomic mass is 9.72. The molecule has 0 heterocycles. The average molecular weight is 171 g/mol. The first-order valence-electron chi connectivity index (χ1n) is 5.19. The molecule has 0 aromatic carbocycles. The molecule has 0 aliphatic rings. The number of hydrogen-bond acceptors (Lipinski definition) is 1. The van der Waals surface area contributed by atoms with E-state index in [0.717, 1.165) is 12.3 Å². The molecule has 1 atom stereocenters. The van der Waals surface area contributed by atoms with Gasteiger partial charge in [-0.1, -0.05) is 40.5 Å². The maximum absolute atomic E-state index is 5.83. The van der Waals surface area contributed by atoms with Crippen LogP contribution in [0.2, 0.25) is 0 Å². The Balaban J connectivity index is 4.14. The van der Waals surface area contributed by atoms with Gasteiger partial charge in [-0.3, -0.25) is 0 Å². The summed E-state index contributed by atoms with van der Waals surface area (Å²) in [6.07, 6.45) is 3.69. The molecular formula is C11H25N. The molecule has 0 saturated carbocycles. The second kappa shape index (κ2) is 4.86. The smallest absolute Gasteiger partial charge is 0.00156 e. The zero-order valence-corrected chi connectivity index (χ0v) is 9.35. The van der Waals surface area contributed by atoms with Crippen LogP contribution < -0.4 is 5.73 Å². The molecule has 0 aliphatic carbocycles. The third kappa shape index (κ3) is 3.57. The summed E-state index contributed by atoms with van der Waals surface area (Å²) >= 11 is 0. The van der Waals surface area contributed by atoms with Crippen molar-refractivity contribution in [2.24, 2.45) is 17.1 Å². The summed E-state index contributed by atoms with van der Waals surface area (Å²) in [6, 6.07) is 0.334. The van der Waals surface area contributed by atoms with E-state index in [1.165, 1.54) is 12.8 Å². The summed E-state index contributed by atoms with van der Waals surface area (Å²) in [5, 5.41) is 0. The standard InChI is InChI=1S/C11H25N/c1-6-10(7-2)11(4,5)8-9(3)12/h9-10H,6-8,12H2,1-5H3. The predicted octanol–water partition coefficient (Wildman–Crippen LogP) is 3.19. The van der Waals surface area contributed by atoms with Gasteiger partial charge in [-0.25, -0.2) is 0 Å². The molecule has 0 spiro atoms. The van der Waals surface area contributed by atoms with E-state index in [4.69, 9.17) is 5.73 Å². The second-order valence-corrected chi connectivity index (χ2v) is 4.68. The fourth-order valence-corrected chi connectivity index (χ4v) is 2.39. The van der Waals surface area contributed by atoms with Gasteiger partial charge in [-0.05, 0) is 24.7 Å². The summed E-state index contributed by atoms with van der Waals surface area (Å²) in [6.45, 7) is 11.3. The van der Waals surface area contributed by atoms with E-state index in [0.29, 0.717) is 11.5 Å². The largest absolute Gasteiger partial charge is 0.328 e. The molecule has 1 unspecified atom stereocenters. The van der Waals surface area contributed by atoms with Crippen molar-refractivity contribution in [3.63, 3.8) is 0 Å². The molecule has 0 aliphatic heterocycles. The normalized spacial score (nSPS) is 15.2. The van der Waals surface area contributed by atoms with Crippen LogP contribution in [0.15, 0.2) is 0 Å². The van der Waals surface area contributed by atoms with Gasteiger partial charge < -0.3 is 5.73 Å². The van der Waals surface area contributed by atoms with Crippen molar-refractivity contribution in [1.82, 2.24) is 0 Å². The Morgan fingerprint density at radius 2 is 1.58 bits per heavy atom. The third-order valence-corrected chi connectivity index (χ3v) is 2.94. The summed E-state index contributed by atoms with van der Waals surface area (Å²) < 4.78 is 0. The number of hydrogen-bond donors (Lipinski definition) is 1. The van der Waals surface area contributed by atoms with Crippen molar-refractivity contribution in [2.75, 3.05) is 0 Å². The number of rotatable bonds is 5. The quantitative estimate of drug-likeness (QED) is 0.675. The molecule has 0 aromatic rings. The van der Waals surface area contributed by atoms with Gasteiger partial charge in [-0.2, -0.15) is 0 Å². The van der Waals surface area contributed by atoms with Crippen LogP contribution in [0.5, 0.6) is 0 Å². The second-order valence-electron chi connectivity index (χ2n) is 4.68. The maximum atomic E-state index is 5.83. The maximum Gasteiger partial charge on any atom is 0.00156 e. The van der Waals surface area contributed by atoms with Crippen LogP contribution in [0.4, 0.5) is 0 Å². The van der Waals surface area contributed by atoms with Gasteiger partial charge in [0.2, 0.25) is 0 Å². The lowest BCUT2D eigenvalue weighted by molar-refractivity contribution is 0.172. The van der Waals surface area contributed by atoms with Crippen LogP contribution in [0.25, 0.3) is 0 Å². The summed E-state index contributed by atoms with van der Waals surface area (Å²) in [5.74, 6) is 0.823. The van der Waals surface area contributed by atoms with Gasteiger partial charge >= 0.3 is 0 Å². The van der Waals surface area contributed by atoms with Crippen LogP contribution in [0, 0.1) is 11.3 Å². The Hall–Kier alpha value is -0.0400. The Bertz CT molecular complexity index is 112. The third-order valence-electron chi connectivity index (χ3n) is 2.94. The molecule has 74 valence electrons. The molecule has 1 nitrogen and oxygen atoms in total. The van der Waals surface area contributed by atoms with Crippen LogP contribution in [0.3, 0.4) is 0 Å². The minimum absolute atomic E-state index is 0.334. The van der Waals surface area contributed by atoms with Gasteiger partial charge in [0.05, 0.1) is 0 Å². The molecule has 0 radical (unpaired) electrons. The molecule has 0 aromatic heterocycles. The highest BCUT2D eigenvalue weighted by Crippen LogP contribution is 2.35. The lowest BCUT2D eigenvalue weighted by Crippen LogP contribution is -2.30. The first kappa shape index (κ1) is 12.0. The van der Waals surface area contributed by atoms with E-state index in [2.05, 4.69) is 34.6 Å². The molecule has 12 heavy (non-hydrogen) atoms. The minimum Gasteiger partial charge on any atom is -0.328 e. The highest BCUT2D eigenvalue weighted by Gasteiger charge is 2.27. The first-order chi connectivity index (χ1) is 5.44. The SMILES string of the molecule is CCC(CC)C(C)(C)CC(C)N. The summed E-state index contributed by atoms with van der Waals surface area (Å²) in [5.41, 5.74) is 6.24. The Kier molecular flexibility index (Phi) is 4.84. The molecule has 0 amide bonds. The minimum atomic E-state index is 0.334. The van der Waals surface area contributed by atoms with E-state index in [-0.39, 0.29) is 0 Å². The van der Waals surface area contributed by atoms with Crippen LogP contribution in [0.1, 0.15) is 53.9 Å². The Morgan fingerprint density at radius 1 is 1.17 bits per heavy atom. The van der Waals surface area contributed by atoms with Crippen molar-refractivity contribution < 1.29 is 0 Å². The molecule has 0 fully saturated rings. The molecular weight excluding hydrogens is 146 g/mol. The van der Waals surface area contributed by atoms with Crippen molar-refractivity contribution >= 4 is 0 Å². The topological polar surface area (TPSA) is 26.0 Å².